The van der Waals surface area contributed by atoms with Crippen molar-refractivity contribution in [3.05, 3.63) is 59.0 Å². The summed E-state index contributed by atoms with van der Waals surface area (Å²) in [6.07, 6.45) is 0.619. The monoisotopic (exact) mass is 364 g/mol. The van der Waals surface area contributed by atoms with E-state index < -0.39 is 6.16 Å². The normalized spacial score (nSPS) is 11.0. The fourth-order valence-electron chi connectivity index (χ4n) is 3.08. The lowest BCUT2D eigenvalue weighted by atomic mass is 10.0. The van der Waals surface area contributed by atoms with E-state index in [4.69, 9.17) is 9.47 Å². The SMILES string of the molecule is CCOC(=O)Oc1c[nH]c2c(=O)[nH]c3ccc(-c4cccc(O)c4)cc3c12. The highest BCUT2D eigenvalue weighted by molar-refractivity contribution is 6.09. The predicted octanol–water partition coefficient (Wildman–Crippen LogP) is 3.92. The smallest absolute Gasteiger partial charge is 0.508 e. The first-order chi connectivity index (χ1) is 13.1. The zero-order valence-electron chi connectivity index (χ0n) is 14.4. The molecule has 2 aromatic carbocycles. The summed E-state index contributed by atoms with van der Waals surface area (Å²) >= 11 is 0. The zero-order valence-corrected chi connectivity index (χ0v) is 14.4. The zero-order chi connectivity index (χ0) is 19.0. The lowest BCUT2D eigenvalue weighted by Crippen LogP contribution is -2.10. The van der Waals surface area contributed by atoms with Crippen LogP contribution in [0, 0.1) is 0 Å². The van der Waals surface area contributed by atoms with Crippen LogP contribution in [0.4, 0.5) is 4.79 Å². The van der Waals surface area contributed by atoms with Gasteiger partial charge in [0.2, 0.25) is 0 Å². The topological polar surface area (TPSA) is 104 Å². The van der Waals surface area contributed by atoms with Gasteiger partial charge in [0.05, 0.1) is 12.0 Å². The third-order valence-electron chi connectivity index (χ3n) is 4.24. The number of rotatable bonds is 3. The maximum Gasteiger partial charge on any atom is 0.513 e. The van der Waals surface area contributed by atoms with Crippen molar-refractivity contribution in [3.63, 3.8) is 0 Å². The fraction of sp³-hybridized carbons (Fsp3) is 0.100. The van der Waals surface area contributed by atoms with Crippen LogP contribution in [0.2, 0.25) is 0 Å². The van der Waals surface area contributed by atoms with Crippen molar-refractivity contribution in [2.24, 2.45) is 0 Å². The molecule has 0 aliphatic rings. The molecule has 0 saturated heterocycles. The molecule has 4 aromatic rings. The van der Waals surface area contributed by atoms with Gasteiger partial charge in [-0.3, -0.25) is 4.79 Å². The molecule has 2 heterocycles. The molecule has 0 bridgehead atoms. The molecule has 3 N–H and O–H groups in total. The molecular weight excluding hydrogens is 348 g/mol. The van der Waals surface area contributed by atoms with E-state index in [0.29, 0.717) is 21.8 Å². The minimum Gasteiger partial charge on any atom is -0.508 e. The van der Waals surface area contributed by atoms with Crippen LogP contribution in [-0.4, -0.2) is 27.8 Å². The van der Waals surface area contributed by atoms with Crippen LogP contribution in [0.5, 0.6) is 11.5 Å². The van der Waals surface area contributed by atoms with Crippen LogP contribution >= 0.6 is 0 Å². The Morgan fingerprint density at radius 3 is 2.74 bits per heavy atom. The number of hydrogen-bond acceptors (Lipinski definition) is 5. The molecule has 0 atom stereocenters. The van der Waals surface area contributed by atoms with E-state index in [2.05, 4.69) is 9.97 Å². The van der Waals surface area contributed by atoms with Crippen LogP contribution in [0.25, 0.3) is 32.9 Å². The molecule has 7 heteroatoms. The van der Waals surface area contributed by atoms with Crippen LogP contribution in [0.15, 0.2) is 53.5 Å². The van der Waals surface area contributed by atoms with Crippen molar-refractivity contribution in [3.8, 4) is 22.6 Å². The van der Waals surface area contributed by atoms with E-state index in [1.54, 1.807) is 31.2 Å². The maximum absolute atomic E-state index is 12.3. The highest BCUT2D eigenvalue weighted by atomic mass is 16.7. The highest BCUT2D eigenvalue weighted by Gasteiger charge is 2.16. The Morgan fingerprint density at radius 1 is 1.15 bits per heavy atom. The quantitative estimate of drug-likeness (QED) is 0.478. The Morgan fingerprint density at radius 2 is 1.96 bits per heavy atom. The summed E-state index contributed by atoms with van der Waals surface area (Å²) in [5.74, 6) is 0.375. The molecule has 0 radical (unpaired) electrons. The summed E-state index contributed by atoms with van der Waals surface area (Å²) in [6, 6.07) is 12.4. The van der Waals surface area contributed by atoms with Crippen LogP contribution < -0.4 is 10.3 Å². The molecule has 0 spiro atoms. The minimum atomic E-state index is -0.837. The van der Waals surface area contributed by atoms with Crippen molar-refractivity contribution in [2.45, 2.75) is 6.92 Å². The minimum absolute atomic E-state index is 0.159. The van der Waals surface area contributed by atoms with Gasteiger partial charge in [0.15, 0.2) is 5.75 Å². The number of aromatic amines is 2. The second-order valence-electron chi connectivity index (χ2n) is 5.95. The van der Waals surface area contributed by atoms with Crippen LogP contribution in [0.1, 0.15) is 6.92 Å². The largest absolute Gasteiger partial charge is 0.513 e. The number of H-pyrrole nitrogens is 2. The lowest BCUT2D eigenvalue weighted by molar-refractivity contribution is 0.105. The van der Waals surface area contributed by atoms with Gasteiger partial charge in [0.1, 0.15) is 11.3 Å². The van der Waals surface area contributed by atoms with E-state index >= 15 is 0 Å². The van der Waals surface area contributed by atoms with Crippen molar-refractivity contribution in [1.82, 2.24) is 9.97 Å². The Balaban J connectivity index is 1.94. The van der Waals surface area contributed by atoms with Gasteiger partial charge in [-0.1, -0.05) is 18.2 Å². The standard InChI is InChI=1S/C20H16N2O5/c1-2-26-20(25)27-16-10-21-18-17(16)14-9-12(6-7-15(14)22-19(18)24)11-4-3-5-13(23)8-11/h3-10,21,23H,2H2,1H3,(H,22,24). The molecule has 0 saturated carbocycles. The molecule has 0 aliphatic carbocycles. The van der Waals surface area contributed by atoms with Gasteiger partial charge >= 0.3 is 6.16 Å². The second kappa shape index (κ2) is 6.53. The van der Waals surface area contributed by atoms with Crippen molar-refractivity contribution in [2.75, 3.05) is 6.61 Å². The Hall–Kier alpha value is -3.74. The average Bonchev–Trinajstić information content (AvgIpc) is 3.06. The number of benzene rings is 2. The molecular formula is C20H16N2O5. The number of fused-ring (bicyclic) bond motifs is 3. The summed E-state index contributed by atoms with van der Waals surface area (Å²) in [6.45, 7) is 1.86. The van der Waals surface area contributed by atoms with Gasteiger partial charge in [0.25, 0.3) is 5.56 Å². The Labute approximate surface area is 153 Å². The molecule has 7 nitrogen and oxygen atoms in total. The molecule has 27 heavy (non-hydrogen) atoms. The number of carbonyl (C=O) groups is 1. The number of phenols is 1. The van der Waals surface area contributed by atoms with Gasteiger partial charge in [-0.2, -0.15) is 0 Å². The number of nitrogens with one attached hydrogen (secondary N) is 2. The van der Waals surface area contributed by atoms with Crippen molar-refractivity contribution >= 4 is 28.0 Å². The number of carbonyl (C=O) groups excluding carboxylic acids is 1. The third-order valence-corrected chi connectivity index (χ3v) is 4.24. The van der Waals surface area contributed by atoms with E-state index in [1.165, 1.54) is 6.20 Å². The summed E-state index contributed by atoms with van der Waals surface area (Å²) in [4.78, 5) is 29.7. The number of hydrogen-bond donors (Lipinski definition) is 3. The number of aromatic hydroxyl groups is 1. The maximum atomic E-state index is 12.3. The summed E-state index contributed by atoms with van der Waals surface area (Å²) < 4.78 is 10.1. The first kappa shape index (κ1) is 16.7. The fourth-order valence-corrected chi connectivity index (χ4v) is 3.08. The first-order valence-electron chi connectivity index (χ1n) is 8.38. The van der Waals surface area contributed by atoms with Gasteiger partial charge < -0.3 is 24.5 Å². The summed E-state index contributed by atoms with van der Waals surface area (Å²) in [5, 5.41) is 10.9. The highest BCUT2D eigenvalue weighted by Crippen LogP contribution is 2.33. The van der Waals surface area contributed by atoms with E-state index in [0.717, 1.165) is 11.1 Å². The third kappa shape index (κ3) is 2.99. The van der Waals surface area contributed by atoms with Crippen LogP contribution in [-0.2, 0) is 4.74 Å². The van der Waals surface area contributed by atoms with Gasteiger partial charge in [-0.05, 0) is 42.3 Å². The number of pyridine rings is 1. The van der Waals surface area contributed by atoms with Crippen LogP contribution in [0.3, 0.4) is 0 Å². The lowest BCUT2D eigenvalue weighted by Gasteiger charge is -2.07. The summed E-state index contributed by atoms with van der Waals surface area (Å²) in [5.41, 5.74) is 2.25. The first-order valence-corrected chi connectivity index (χ1v) is 8.38. The number of ether oxygens (including phenoxy) is 2. The molecule has 0 aliphatic heterocycles. The average molecular weight is 364 g/mol. The molecule has 0 amide bonds. The molecule has 0 unspecified atom stereocenters. The molecule has 136 valence electrons. The second-order valence-corrected chi connectivity index (χ2v) is 5.95. The molecule has 4 rings (SSSR count). The summed E-state index contributed by atoms with van der Waals surface area (Å²) in [7, 11) is 0. The molecule has 0 fully saturated rings. The Bertz CT molecular complexity index is 1220. The van der Waals surface area contributed by atoms with E-state index in [-0.39, 0.29) is 23.7 Å². The van der Waals surface area contributed by atoms with E-state index in [9.17, 15) is 14.7 Å². The number of phenolic OH excluding ortho intramolecular Hbond substituents is 1. The molecule has 2 aromatic heterocycles. The number of aromatic nitrogens is 2. The Kier molecular flexibility index (Phi) is 4.04. The predicted molar refractivity (Wildman–Crippen MR) is 101 cm³/mol. The van der Waals surface area contributed by atoms with Gasteiger partial charge in [0, 0.05) is 17.1 Å². The van der Waals surface area contributed by atoms with Gasteiger partial charge in [-0.25, -0.2) is 4.79 Å². The van der Waals surface area contributed by atoms with Gasteiger partial charge in [-0.15, -0.1) is 0 Å². The van der Waals surface area contributed by atoms with E-state index in [1.807, 2.05) is 18.2 Å². The van der Waals surface area contributed by atoms with Crippen molar-refractivity contribution < 1.29 is 19.4 Å². The van der Waals surface area contributed by atoms with Crippen molar-refractivity contribution in [1.29, 1.82) is 0 Å².